The maximum Gasteiger partial charge on any atom is 0.262 e. The van der Waals surface area contributed by atoms with Crippen molar-refractivity contribution < 1.29 is 27.2 Å². The molecular formula is C18H20N2O6S. The lowest BCUT2D eigenvalue weighted by molar-refractivity contribution is -0.121. The monoisotopic (exact) mass is 392 g/mol. The van der Waals surface area contributed by atoms with Gasteiger partial charge in [0.15, 0.2) is 16.4 Å². The topological polar surface area (TPSA) is 115 Å². The molecule has 1 aliphatic heterocycles. The van der Waals surface area contributed by atoms with Crippen molar-refractivity contribution in [1.82, 2.24) is 5.32 Å². The van der Waals surface area contributed by atoms with Crippen molar-refractivity contribution in [2.45, 2.75) is 37.0 Å². The number of amides is 2. The lowest BCUT2D eigenvalue weighted by Crippen LogP contribution is -2.30. The number of aryl methyl sites for hydroxylation is 1. The van der Waals surface area contributed by atoms with Gasteiger partial charge in [-0.1, -0.05) is 0 Å². The van der Waals surface area contributed by atoms with Crippen LogP contribution in [0.4, 0.5) is 5.69 Å². The van der Waals surface area contributed by atoms with Crippen LogP contribution in [-0.2, 0) is 26.0 Å². The van der Waals surface area contributed by atoms with Crippen LogP contribution in [0.1, 0.15) is 24.7 Å². The van der Waals surface area contributed by atoms with Crippen LogP contribution < -0.4 is 15.4 Å². The Kier molecular flexibility index (Phi) is 5.22. The van der Waals surface area contributed by atoms with Crippen LogP contribution in [0.2, 0.25) is 0 Å². The van der Waals surface area contributed by atoms with Gasteiger partial charge in [0.05, 0.1) is 28.6 Å². The summed E-state index contributed by atoms with van der Waals surface area (Å²) in [7, 11) is -3.76. The molecule has 8 nitrogen and oxygen atoms in total. The normalized spacial score (nSPS) is 14.7. The Morgan fingerprint density at radius 1 is 1.37 bits per heavy atom. The van der Waals surface area contributed by atoms with Gasteiger partial charge in [-0.15, -0.1) is 0 Å². The van der Waals surface area contributed by atoms with E-state index in [-0.39, 0.29) is 36.3 Å². The largest absolute Gasteiger partial charge is 0.482 e. The molecule has 0 aliphatic carbocycles. The second-order valence-electron chi connectivity index (χ2n) is 6.37. The number of ether oxygens (including phenoxy) is 1. The van der Waals surface area contributed by atoms with Gasteiger partial charge < -0.3 is 19.8 Å². The second kappa shape index (κ2) is 7.43. The molecule has 1 atom stereocenters. The highest BCUT2D eigenvalue weighted by molar-refractivity contribution is 7.92. The molecule has 1 aliphatic rings. The number of anilines is 1. The molecule has 3 rings (SSSR count). The van der Waals surface area contributed by atoms with Crippen molar-refractivity contribution in [3.63, 3.8) is 0 Å². The summed E-state index contributed by atoms with van der Waals surface area (Å²) >= 11 is 0. The van der Waals surface area contributed by atoms with Gasteiger partial charge in [0, 0.05) is 12.5 Å². The van der Waals surface area contributed by atoms with Gasteiger partial charge in [0.25, 0.3) is 5.91 Å². The first-order valence-electron chi connectivity index (χ1n) is 8.37. The molecule has 2 aromatic rings. The zero-order valence-corrected chi connectivity index (χ0v) is 15.8. The van der Waals surface area contributed by atoms with E-state index in [9.17, 15) is 18.0 Å². The average Bonchev–Trinajstić information content (AvgIpc) is 3.12. The summed E-state index contributed by atoms with van der Waals surface area (Å²) in [5.41, 5.74) is 0.911. The number of rotatable bonds is 6. The zero-order valence-electron chi connectivity index (χ0n) is 14.9. The molecule has 2 N–H and O–H groups in total. The van der Waals surface area contributed by atoms with Crippen molar-refractivity contribution >= 4 is 27.3 Å². The van der Waals surface area contributed by atoms with Crippen LogP contribution in [0.5, 0.6) is 5.75 Å². The summed E-state index contributed by atoms with van der Waals surface area (Å²) in [5.74, 6) is 0.206. The third kappa shape index (κ3) is 4.13. The highest BCUT2D eigenvalue weighted by atomic mass is 32.2. The molecule has 0 radical (unpaired) electrons. The van der Waals surface area contributed by atoms with E-state index in [2.05, 4.69) is 10.6 Å². The second-order valence-corrected chi connectivity index (χ2v) is 8.70. The first-order chi connectivity index (χ1) is 12.8. The highest BCUT2D eigenvalue weighted by Crippen LogP contribution is 2.34. The van der Waals surface area contributed by atoms with Crippen LogP contribution in [0.15, 0.2) is 39.8 Å². The van der Waals surface area contributed by atoms with Crippen molar-refractivity contribution in [2.24, 2.45) is 0 Å². The Labute approximate surface area is 156 Å². The first kappa shape index (κ1) is 19.0. The minimum atomic E-state index is -3.76. The predicted octanol–water partition coefficient (Wildman–Crippen LogP) is 1.79. The number of carbonyl (C=O) groups is 2. The van der Waals surface area contributed by atoms with Gasteiger partial charge >= 0.3 is 0 Å². The predicted molar refractivity (Wildman–Crippen MR) is 97.1 cm³/mol. The summed E-state index contributed by atoms with van der Waals surface area (Å²) in [6.45, 7) is 3.16. The molecule has 0 spiro atoms. The minimum Gasteiger partial charge on any atom is -0.482 e. The Hall–Kier alpha value is -2.81. The number of benzene rings is 1. The van der Waals surface area contributed by atoms with Gasteiger partial charge in [-0.25, -0.2) is 8.42 Å². The Morgan fingerprint density at radius 2 is 2.15 bits per heavy atom. The standard InChI is InChI=1S/C18H20N2O6S/c1-11-6-14-15(26-10-18(22)20-14)8-16(11)27(23,24)12(2)7-17(21)19-9-13-4-3-5-25-13/h3-6,8,12H,7,9-10H2,1-2H3,(H,19,21)(H,20,22)/t12-/m0/s1. The van der Waals surface area contributed by atoms with Crippen molar-refractivity contribution in [3.05, 3.63) is 41.9 Å². The average molecular weight is 392 g/mol. The molecule has 9 heteroatoms. The summed E-state index contributed by atoms with van der Waals surface area (Å²) < 4.78 is 36.3. The van der Waals surface area contributed by atoms with E-state index in [1.807, 2.05) is 0 Å². The van der Waals surface area contributed by atoms with Gasteiger partial charge in [-0.2, -0.15) is 0 Å². The molecule has 0 unspecified atom stereocenters. The summed E-state index contributed by atoms with van der Waals surface area (Å²) in [5, 5.41) is 4.35. The molecule has 2 heterocycles. The smallest absolute Gasteiger partial charge is 0.262 e. The number of sulfone groups is 1. The lowest BCUT2D eigenvalue weighted by Gasteiger charge is -2.21. The van der Waals surface area contributed by atoms with Crippen LogP contribution in [0.25, 0.3) is 0 Å². The van der Waals surface area contributed by atoms with Crippen molar-refractivity contribution in [2.75, 3.05) is 11.9 Å². The summed E-state index contributed by atoms with van der Waals surface area (Å²) in [6, 6.07) is 6.38. The van der Waals surface area contributed by atoms with Gasteiger partial charge in [0.1, 0.15) is 11.5 Å². The zero-order chi connectivity index (χ0) is 19.6. The number of hydrogen-bond donors (Lipinski definition) is 2. The maximum atomic E-state index is 12.9. The molecule has 144 valence electrons. The molecule has 0 fully saturated rings. The van der Waals surface area contributed by atoms with Crippen LogP contribution in [-0.4, -0.2) is 32.1 Å². The summed E-state index contributed by atoms with van der Waals surface area (Å²) in [4.78, 5) is 23.6. The lowest BCUT2D eigenvalue weighted by atomic mass is 10.2. The van der Waals surface area contributed by atoms with Crippen LogP contribution >= 0.6 is 0 Å². The number of furan rings is 1. The molecular weight excluding hydrogens is 372 g/mol. The summed E-state index contributed by atoms with van der Waals surface area (Å²) in [6.07, 6.45) is 1.31. The minimum absolute atomic E-state index is 0.0868. The fraction of sp³-hybridized carbons (Fsp3) is 0.333. The van der Waals surface area contributed by atoms with E-state index in [1.54, 1.807) is 25.1 Å². The van der Waals surface area contributed by atoms with Crippen molar-refractivity contribution in [3.8, 4) is 5.75 Å². The molecule has 0 saturated carbocycles. The van der Waals surface area contributed by atoms with Gasteiger partial charge in [-0.05, 0) is 37.6 Å². The number of nitrogens with one attached hydrogen (secondary N) is 2. The van der Waals surface area contributed by atoms with Gasteiger partial charge in [0.2, 0.25) is 5.91 Å². The quantitative estimate of drug-likeness (QED) is 0.775. The molecule has 1 aromatic heterocycles. The third-order valence-electron chi connectivity index (χ3n) is 4.26. The Balaban J connectivity index is 1.73. The van der Waals surface area contributed by atoms with E-state index in [0.717, 1.165) is 0 Å². The van der Waals surface area contributed by atoms with Gasteiger partial charge in [-0.3, -0.25) is 9.59 Å². The Bertz CT molecular complexity index is 966. The van der Waals surface area contributed by atoms with E-state index in [0.29, 0.717) is 22.8 Å². The number of hydrogen-bond acceptors (Lipinski definition) is 6. The molecule has 0 saturated heterocycles. The van der Waals surface area contributed by atoms with E-state index < -0.39 is 15.1 Å². The fourth-order valence-corrected chi connectivity index (χ4v) is 4.36. The van der Waals surface area contributed by atoms with E-state index in [4.69, 9.17) is 9.15 Å². The van der Waals surface area contributed by atoms with Crippen LogP contribution in [0.3, 0.4) is 0 Å². The SMILES string of the molecule is Cc1cc2c(cc1S(=O)(=O)[C@@H](C)CC(=O)NCc1ccco1)OCC(=O)N2. The van der Waals surface area contributed by atoms with Crippen LogP contribution in [0, 0.1) is 6.92 Å². The molecule has 2 amide bonds. The van der Waals surface area contributed by atoms with E-state index >= 15 is 0 Å². The Morgan fingerprint density at radius 3 is 2.85 bits per heavy atom. The highest BCUT2D eigenvalue weighted by Gasteiger charge is 2.29. The van der Waals surface area contributed by atoms with Crippen molar-refractivity contribution in [1.29, 1.82) is 0 Å². The third-order valence-corrected chi connectivity index (χ3v) is 6.54. The fourth-order valence-electron chi connectivity index (χ4n) is 2.78. The first-order valence-corrected chi connectivity index (χ1v) is 9.92. The maximum absolute atomic E-state index is 12.9. The number of fused-ring (bicyclic) bond motifs is 1. The number of carbonyl (C=O) groups excluding carboxylic acids is 2. The molecule has 1 aromatic carbocycles. The molecule has 27 heavy (non-hydrogen) atoms. The molecule has 0 bridgehead atoms. The van der Waals surface area contributed by atoms with E-state index in [1.165, 1.54) is 19.3 Å².